The number of rotatable bonds is 3. The Hall–Kier alpha value is -2.85. The van der Waals surface area contributed by atoms with Gasteiger partial charge in [0.05, 0.1) is 0 Å². The number of anilines is 1. The Balaban J connectivity index is 1.50. The second-order valence-electron chi connectivity index (χ2n) is 6.66. The first-order valence-corrected chi connectivity index (χ1v) is 9.52. The molecule has 26 heavy (non-hydrogen) atoms. The molecule has 0 aliphatic carbocycles. The van der Waals surface area contributed by atoms with Gasteiger partial charge in [-0.1, -0.05) is 47.5 Å². The minimum Gasteiger partial charge on any atom is -0.383 e. The normalized spacial score (nSPS) is 13.8. The summed E-state index contributed by atoms with van der Waals surface area (Å²) in [4.78, 5) is 5.71. The first-order valence-electron chi connectivity index (χ1n) is 8.64. The number of benzene rings is 2. The fourth-order valence-electron chi connectivity index (χ4n) is 2.99. The lowest BCUT2D eigenvalue weighted by atomic mass is 10.1. The van der Waals surface area contributed by atoms with Crippen molar-refractivity contribution in [2.24, 2.45) is 10.7 Å². The van der Waals surface area contributed by atoms with E-state index in [9.17, 15) is 0 Å². The molecule has 1 aliphatic heterocycles. The zero-order valence-electron chi connectivity index (χ0n) is 14.9. The molecule has 0 radical (unpaired) electrons. The molecule has 0 amide bonds. The summed E-state index contributed by atoms with van der Waals surface area (Å²) in [5.74, 6) is 1.50. The second-order valence-corrected chi connectivity index (χ2v) is 7.57. The van der Waals surface area contributed by atoms with E-state index in [2.05, 4.69) is 84.1 Å². The van der Waals surface area contributed by atoms with Gasteiger partial charge in [-0.3, -0.25) is 0 Å². The van der Waals surface area contributed by atoms with Gasteiger partial charge < -0.3 is 11.1 Å². The van der Waals surface area contributed by atoms with Crippen LogP contribution >= 0.6 is 11.3 Å². The topological polar surface area (TPSA) is 50.4 Å². The van der Waals surface area contributed by atoms with Gasteiger partial charge in [-0.2, -0.15) is 0 Å². The lowest BCUT2D eigenvalue weighted by Crippen LogP contribution is -2.09. The predicted octanol–water partition coefficient (Wildman–Crippen LogP) is 5.57. The number of aliphatic imine (C=N–C) groups is 1. The molecule has 3 nitrogen and oxygen atoms in total. The number of thiophene rings is 1. The van der Waals surface area contributed by atoms with E-state index in [0.29, 0.717) is 5.82 Å². The molecule has 0 bridgehead atoms. The Labute approximate surface area is 157 Å². The number of aryl methyl sites for hydroxylation is 2. The highest BCUT2D eigenvalue weighted by molar-refractivity contribution is 7.11. The molecule has 1 aliphatic rings. The van der Waals surface area contributed by atoms with E-state index in [1.54, 1.807) is 11.3 Å². The number of nitrogens with one attached hydrogen (secondary N) is 1. The summed E-state index contributed by atoms with van der Waals surface area (Å²) in [6.45, 7) is 4.18. The van der Waals surface area contributed by atoms with Crippen molar-refractivity contribution >= 4 is 28.4 Å². The number of hydrogen-bond acceptors (Lipinski definition) is 4. The first kappa shape index (κ1) is 16.6. The molecule has 0 saturated carbocycles. The third-order valence-electron chi connectivity index (χ3n) is 4.53. The van der Waals surface area contributed by atoms with Crippen LogP contribution in [-0.2, 0) is 0 Å². The quantitative estimate of drug-likeness (QED) is 0.642. The maximum absolute atomic E-state index is 6.21. The molecule has 4 heteroatoms. The van der Waals surface area contributed by atoms with Gasteiger partial charge in [-0.05, 0) is 48.6 Å². The summed E-state index contributed by atoms with van der Waals surface area (Å²) in [5, 5.41) is 5.56. The first-order chi connectivity index (χ1) is 12.6. The minimum absolute atomic E-state index is 0.608. The largest absolute Gasteiger partial charge is 0.383 e. The summed E-state index contributed by atoms with van der Waals surface area (Å²) in [6.07, 6.45) is 0.730. The van der Waals surface area contributed by atoms with Gasteiger partial charge in [-0.15, -0.1) is 11.3 Å². The molecule has 2 heterocycles. The summed E-state index contributed by atoms with van der Waals surface area (Å²) in [5.41, 5.74) is 13.3. The van der Waals surface area contributed by atoms with Crippen molar-refractivity contribution in [3.63, 3.8) is 0 Å². The van der Waals surface area contributed by atoms with E-state index in [0.717, 1.165) is 23.5 Å². The van der Waals surface area contributed by atoms with E-state index in [1.165, 1.54) is 27.1 Å². The van der Waals surface area contributed by atoms with Gasteiger partial charge in [0.25, 0.3) is 0 Å². The van der Waals surface area contributed by atoms with Crippen LogP contribution in [0.2, 0.25) is 0 Å². The van der Waals surface area contributed by atoms with Gasteiger partial charge in [0.1, 0.15) is 11.7 Å². The highest BCUT2D eigenvalue weighted by Gasteiger charge is 2.19. The lowest BCUT2D eigenvalue weighted by Gasteiger charge is -2.06. The van der Waals surface area contributed by atoms with E-state index in [1.807, 2.05) is 0 Å². The minimum atomic E-state index is 0.608. The van der Waals surface area contributed by atoms with Gasteiger partial charge in [0.15, 0.2) is 0 Å². The molecule has 3 N–H and O–H groups in total. The maximum Gasteiger partial charge on any atom is 0.130 e. The zero-order valence-corrected chi connectivity index (χ0v) is 15.7. The van der Waals surface area contributed by atoms with Crippen LogP contribution in [0.1, 0.15) is 22.4 Å². The molecule has 0 spiro atoms. The van der Waals surface area contributed by atoms with Crippen LogP contribution in [0.4, 0.5) is 5.69 Å². The van der Waals surface area contributed by atoms with Crippen molar-refractivity contribution in [1.29, 1.82) is 0 Å². The molecule has 3 aromatic rings. The average Bonchev–Trinajstić information content (AvgIpc) is 3.24. The van der Waals surface area contributed by atoms with Crippen LogP contribution in [0.3, 0.4) is 0 Å². The molecular formula is C22H21N3S. The number of nitrogens with zero attached hydrogens (tertiary/aromatic N) is 1. The van der Waals surface area contributed by atoms with E-state index < -0.39 is 0 Å². The van der Waals surface area contributed by atoms with E-state index in [4.69, 9.17) is 5.73 Å². The predicted molar refractivity (Wildman–Crippen MR) is 112 cm³/mol. The monoisotopic (exact) mass is 359 g/mol. The smallest absolute Gasteiger partial charge is 0.130 e. The molecule has 0 saturated heterocycles. The van der Waals surface area contributed by atoms with Gasteiger partial charge in [0.2, 0.25) is 0 Å². The highest BCUT2D eigenvalue weighted by atomic mass is 32.1. The molecule has 0 atom stereocenters. The third-order valence-corrected chi connectivity index (χ3v) is 5.52. The summed E-state index contributed by atoms with van der Waals surface area (Å²) in [7, 11) is 0. The molecule has 0 unspecified atom stereocenters. The lowest BCUT2D eigenvalue weighted by molar-refractivity contribution is 1.28. The molecule has 130 valence electrons. The average molecular weight is 359 g/mol. The van der Waals surface area contributed by atoms with E-state index >= 15 is 0 Å². The summed E-state index contributed by atoms with van der Waals surface area (Å²) < 4.78 is 0. The number of hydrogen-bond donors (Lipinski definition) is 2. The Kier molecular flexibility index (Phi) is 4.35. The molecule has 4 rings (SSSR count). The number of nitrogens with two attached hydrogens (primary N) is 1. The SMILES string of the molecule is Cc1ccc(NC2=NC(N)=C(c3cc(-c4ccc(C)cc4)cs3)C2)cc1. The molecule has 1 aromatic heterocycles. The van der Waals surface area contributed by atoms with Crippen molar-refractivity contribution in [3.05, 3.63) is 81.8 Å². The Morgan fingerprint density at radius 3 is 2.27 bits per heavy atom. The molecular weight excluding hydrogens is 338 g/mol. The van der Waals surface area contributed by atoms with Crippen LogP contribution < -0.4 is 11.1 Å². The van der Waals surface area contributed by atoms with Crippen molar-refractivity contribution in [3.8, 4) is 11.1 Å². The van der Waals surface area contributed by atoms with Crippen LogP contribution in [0.5, 0.6) is 0 Å². The second kappa shape index (κ2) is 6.81. The number of amidine groups is 1. The van der Waals surface area contributed by atoms with Crippen LogP contribution in [0.25, 0.3) is 16.7 Å². The fraction of sp³-hybridized carbons (Fsp3) is 0.136. The van der Waals surface area contributed by atoms with Crippen molar-refractivity contribution in [2.75, 3.05) is 5.32 Å². The van der Waals surface area contributed by atoms with Crippen LogP contribution in [-0.4, -0.2) is 5.84 Å². The fourth-order valence-corrected chi connectivity index (χ4v) is 3.96. The van der Waals surface area contributed by atoms with Gasteiger partial charge in [-0.25, -0.2) is 4.99 Å². The maximum atomic E-state index is 6.21. The third kappa shape index (κ3) is 3.41. The van der Waals surface area contributed by atoms with Crippen LogP contribution in [0, 0.1) is 13.8 Å². The summed E-state index contributed by atoms with van der Waals surface area (Å²) >= 11 is 1.72. The summed E-state index contributed by atoms with van der Waals surface area (Å²) in [6, 6.07) is 19.1. The van der Waals surface area contributed by atoms with Crippen molar-refractivity contribution in [1.82, 2.24) is 0 Å². The van der Waals surface area contributed by atoms with Gasteiger partial charge in [0, 0.05) is 22.6 Å². The zero-order chi connectivity index (χ0) is 18.1. The van der Waals surface area contributed by atoms with E-state index in [-0.39, 0.29) is 0 Å². The highest BCUT2D eigenvalue weighted by Crippen LogP contribution is 2.35. The Morgan fingerprint density at radius 1 is 0.923 bits per heavy atom. The Morgan fingerprint density at radius 2 is 1.58 bits per heavy atom. The van der Waals surface area contributed by atoms with Crippen molar-refractivity contribution < 1.29 is 0 Å². The standard InChI is InChI=1S/C22H21N3S/c1-14-3-7-16(8-4-14)17-11-20(26-13-17)19-12-21(25-22(19)23)24-18-9-5-15(2)6-10-18/h3-11,13H,12,23H2,1-2H3,(H,24,25). The Bertz CT molecular complexity index is 993. The van der Waals surface area contributed by atoms with Gasteiger partial charge >= 0.3 is 0 Å². The molecule has 0 fully saturated rings. The van der Waals surface area contributed by atoms with Crippen LogP contribution in [0.15, 0.2) is 70.8 Å². The molecule has 2 aromatic carbocycles. The van der Waals surface area contributed by atoms with Crippen molar-refractivity contribution in [2.45, 2.75) is 20.3 Å².